The molecule has 11 nitrogen and oxygen atoms in total. The Labute approximate surface area is 256 Å². The lowest BCUT2D eigenvalue weighted by Gasteiger charge is -2.43. The van der Waals surface area contributed by atoms with E-state index in [9.17, 15) is 9.59 Å². The Hall–Kier alpha value is -4.35. The molecule has 3 aromatic rings. The van der Waals surface area contributed by atoms with Gasteiger partial charge in [-0.1, -0.05) is 35.9 Å². The van der Waals surface area contributed by atoms with Crippen molar-refractivity contribution in [2.45, 2.75) is 25.4 Å². The molecule has 1 N–H and O–H groups in total. The number of rotatable bonds is 9. The van der Waals surface area contributed by atoms with Crippen molar-refractivity contribution in [1.29, 1.82) is 0 Å². The summed E-state index contributed by atoms with van der Waals surface area (Å²) in [4.78, 5) is 43.7. The summed E-state index contributed by atoms with van der Waals surface area (Å²) in [5.41, 5.74) is 2.06. The van der Waals surface area contributed by atoms with E-state index in [1.807, 2.05) is 60.3 Å². The minimum atomic E-state index is -0.273. The Bertz CT molecular complexity index is 1490. The van der Waals surface area contributed by atoms with Gasteiger partial charge in [0.05, 0.1) is 26.5 Å². The molecule has 1 fully saturated rings. The summed E-state index contributed by atoms with van der Waals surface area (Å²) in [6.45, 7) is 1.93. The van der Waals surface area contributed by atoms with E-state index in [0.717, 1.165) is 11.3 Å². The van der Waals surface area contributed by atoms with Crippen molar-refractivity contribution in [2.75, 3.05) is 63.1 Å². The summed E-state index contributed by atoms with van der Waals surface area (Å²) < 4.78 is 10.9. The van der Waals surface area contributed by atoms with Crippen LogP contribution in [0.15, 0.2) is 60.8 Å². The van der Waals surface area contributed by atoms with E-state index in [0.29, 0.717) is 66.5 Å². The first-order valence-electron chi connectivity index (χ1n) is 14.1. The van der Waals surface area contributed by atoms with E-state index >= 15 is 0 Å². The number of urea groups is 1. The van der Waals surface area contributed by atoms with Gasteiger partial charge in [-0.3, -0.25) is 14.6 Å². The summed E-state index contributed by atoms with van der Waals surface area (Å²) in [7, 11) is 6.97. The number of likely N-dealkylation sites (tertiary alicyclic amines) is 1. The van der Waals surface area contributed by atoms with Crippen LogP contribution in [0.4, 0.5) is 27.9 Å². The van der Waals surface area contributed by atoms with Crippen molar-refractivity contribution < 1.29 is 19.1 Å². The maximum Gasteiger partial charge on any atom is 0.330 e. The number of ether oxygens (including phenoxy) is 2. The summed E-state index contributed by atoms with van der Waals surface area (Å²) in [6.07, 6.45) is 6.40. The van der Waals surface area contributed by atoms with E-state index < -0.39 is 0 Å². The predicted molar refractivity (Wildman–Crippen MR) is 168 cm³/mol. The van der Waals surface area contributed by atoms with Crippen molar-refractivity contribution in [1.82, 2.24) is 19.8 Å². The fourth-order valence-corrected chi connectivity index (χ4v) is 5.53. The molecule has 0 spiro atoms. The van der Waals surface area contributed by atoms with Gasteiger partial charge in [-0.15, -0.1) is 0 Å². The molecule has 0 atom stereocenters. The third kappa shape index (κ3) is 6.68. The smallest absolute Gasteiger partial charge is 0.330 e. The lowest BCUT2D eigenvalue weighted by atomic mass is 10.0. The Balaban J connectivity index is 1.47. The molecule has 226 valence electrons. The molecule has 1 aromatic heterocycles. The van der Waals surface area contributed by atoms with Gasteiger partial charge < -0.3 is 24.6 Å². The number of anilines is 4. The summed E-state index contributed by atoms with van der Waals surface area (Å²) in [6, 6.07) is 12.5. The first kappa shape index (κ1) is 30.1. The molecule has 0 unspecified atom stereocenters. The topological polar surface area (TPSA) is 103 Å². The highest BCUT2D eigenvalue weighted by Gasteiger charge is 2.40. The van der Waals surface area contributed by atoms with Gasteiger partial charge in [-0.05, 0) is 39.1 Å². The number of likely N-dealkylation sites (N-methyl/N-ethyl adjacent to an activating group) is 1. The number of carbonyl (C=O) groups excluding carboxylic acids is 2. The Kier molecular flexibility index (Phi) is 9.32. The van der Waals surface area contributed by atoms with Crippen LogP contribution in [0.1, 0.15) is 18.4 Å². The number of para-hydroxylation sites is 1. The molecule has 2 aliphatic rings. The molecule has 0 bridgehead atoms. The number of nitrogens with zero attached hydrogens (tertiary/aromatic N) is 6. The Morgan fingerprint density at radius 2 is 1.88 bits per heavy atom. The average molecular weight is 606 g/mol. The number of amides is 3. The molecule has 0 saturated carbocycles. The SMILES string of the molecule is COc1cc(OC)c(Cl)c(N2Cc3cnc(Nc4ccccc4)nc3N(C3CCN(C(=O)C=CCN(C)C)CC3)C2=O)c1. The normalized spacial score (nSPS) is 15.7. The number of aromatic nitrogens is 2. The average Bonchev–Trinajstić information content (AvgIpc) is 3.01. The van der Waals surface area contributed by atoms with E-state index in [2.05, 4.69) is 10.3 Å². The number of halogens is 1. The van der Waals surface area contributed by atoms with Crippen LogP contribution in [0.3, 0.4) is 0 Å². The van der Waals surface area contributed by atoms with Crippen LogP contribution in [-0.4, -0.2) is 85.7 Å². The lowest BCUT2D eigenvalue weighted by Crippen LogP contribution is -2.55. The van der Waals surface area contributed by atoms with Gasteiger partial charge in [-0.25, -0.2) is 9.78 Å². The minimum Gasteiger partial charge on any atom is -0.497 e. The van der Waals surface area contributed by atoms with Gasteiger partial charge in [0.1, 0.15) is 22.3 Å². The van der Waals surface area contributed by atoms with Gasteiger partial charge >= 0.3 is 6.03 Å². The number of hydrogen-bond donors (Lipinski definition) is 1. The first-order valence-corrected chi connectivity index (χ1v) is 14.5. The molecule has 2 aliphatic heterocycles. The molecular weight excluding hydrogens is 570 g/mol. The third-order valence-electron chi connectivity index (χ3n) is 7.48. The quantitative estimate of drug-likeness (QED) is 0.342. The second-order valence-corrected chi connectivity index (χ2v) is 11.0. The zero-order chi connectivity index (χ0) is 30.5. The first-order chi connectivity index (χ1) is 20.8. The highest BCUT2D eigenvalue weighted by atomic mass is 35.5. The molecule has 0 radical (unpaired) electrons. The molecule has 3 amide bonds. The fourth-order valence-electron chi connectivity index (χ4n) is 5.24. The van der Waals surface area contributed by atoms with Crippen LogP contribution in [0, 0.1) is 0 Å². The molecule has 0 aliphatic carbocycles. The molecule has 1 saturated heterocycles. The number of methoxy groups -OCH3 is 2. The van der Waals surface area contributed by atoms with Crippen LogP contribution in [0.25, 0.3) is 0 Å². The van der Waals surface area contributed by atoms with E-state index in [-0.39, 0.29) is 24.5 Å². The van der Waals surface area contributed by atoms with E-state index in [1.165, 1.54) is 7.11 Å². The highest BCUT2D eigenvalue weighted by molar-refractivity contribution is 6.35. The molecule has 43 heavy (non-hydrogen) atoms. The van der Waals surface area contributed by atoms with Crippen molar-refractivity contribution in [3.05, 3.63) is 71.4 Å². The van der Waals surface area contributed by atoms with Crippen molar-refractivity contribution >= 4 is 46.7 Å². The van der Waals surface area contributed by atoms with Gasteiger partial charge in [0.25, 0.3) is 0 Å². The molecule has 3 heterocycles. The Morgan fingerprint density at radius 1 is 1.14 bits per heavy atom. The molecular formula is C31H36ClN7O4. The number of hydrogen-bond acceptors (Lipinski definition) is 8. The Morgan fingerprint density at radius 3 is 2.56 bits per heavy atom. The van der Waals surface area contributed by atoms with Gasteiger partial charge in [0, 0.05) is 61.3 Å². The summed E-state index contributed by atoms with van der Waals surface area (Å²) in [5.74, 6) is 1.80. The molecule has 12 heteroatoms. The lowest BCUT2D eigenvalue weighted by molar-refractivity contribution is -0.127. The van der Waals surface area contributed by atoms with E-state index in [4.69, 9.17) is 26.1 Å². The predicted octanol–water partition coefficient (Wildman–Crippen LogP) is 4.95. The molecule has 5 rings (SSSR count). The van der Waals surface area contributed by atoms with Crippen molar-refractivity contribution in [2.24, 2.45) is 0 Å². The fraction of sp³-hybridized carbons (Fsp3) is 0.355. The maximum absolute atomic E-state index is 14.4. The number of fused-ring (bicyclic) bond motifs is 1. The number of nitrogens with one attached hydrogen (secondary N) is 1. The number of piperidine rings is 1. The maximum atomic E-state index is 14.4. The summed E-state index contributed by atoms with van der Waals surface area (Å²) in [5, 5.41) is 3.53. The van der Waals surface area contributed by atoms with Crippen LogP contribution in [0.2, 0.25) is 5.02 Å². The molecule has 2 aromatic carbocycles. The zero-order valence-electron chi connectivity index (χ0n) is 24.8. The monoisotopic (exact) mass is 605 g/mol. The van der Waals surface area contributed by atoms with Crippen LogP contribution in [0.5, 0.6) is 11.5 Å². The standard InChI is InChI=1S/C31H36ClN7O4/c1-36(2)14-8-11-27(40)37-15-12-23(13-16-37)39-29-21(19-33-30(35-29)34-22-9-6-5-7-10-22)20-38(31(39)41)25-17-24(42-3)18-26(43-4)28(25)32/h5-11,17-19,23H,12-16,20H2,1-4H3,(H,33,34,35). The van der Waals surface area contributed by atoms with Gasteiger partial charge in [0.15, 0.2) is 0 Å². The van der Waals surface area contributed by atoms with Crippen molar-refractivity contribution in [3.63, 3.8) is 0 Å². The third-order valence-corrected chi connectivity index (χ3v) is 7.86. The number of benzene rings is 2. The van der Waals surface area contributed by atoms with Crippen LogP contribution >= 0.6 is 11.6 Å². The second kappa shape index (κ2) is 13.3. The highest BCUT2D eigenvalue weighted by Crippen LogP contribution is 2.42. The number of carbonyl (C=O) groups is 2. The van der Waals surface area contributed by atoms with Gasteiger partial charge in [-0.2, -0.15) is 4.98 Å². The van der Waals surface area contributed by atoms with Crippen molar-refractivity contribution in [3.8, 4) is 11.5 Å². The second-order valence-electron chi connectivity index (χ2n) is 10.7. The van der Waals surface area contributed by atoms with Gasteiger partial charge in [0.2, 0.25) is 11.9 Å². The van der Waals surface area contributed by atoms with Crippen LogP contribution < -0.4 is 24.6 Å². The zero-order valence-corrected chi connectivity index (χ0v) is 25.5. The van der Waals surface area contributed by atoms with Crippen LogP contribution in [-0.2, 0) is 11.3 Å². The van der Waals surface area contributed by atoms with E-state index in [1.54, 1.807) is 41.3 Å². The largest absolute Gasteiger partial charge is 0.497 e. The summed E-state index contributed by atoms with van der Waals surface area (Å²) >= 11 is 6.74. The minimum absolute atomic E-state index is 0.0285.